The first-order valence-electron chi connectivity index (χ1n) is 7.99. The second-order valence-corrected chi connectivity index (χ2v) is 5.92. The Balaban J connectivity index is 1.60. The van der Waals surface area contributed by atoms with Gasteiger partial charge in [-0.05, 0) is 42.5 Å². The van der Waals surface area contributed by atoms with Gasteiger partial charge in [0.2, 0.25) is 0 Å². The molecular formula is C19H21ClN2O2. The molecule has 2 N–H and O–H groups in total. The summed E-state index contributed by atoms with van der Waals surface area (Å²) in [5, 5.41) is 5.92. The third kappa shape index (κ3) is 6.42. The highest BCUT2D eigenvalue weighted by Gasteiger charge is 2.11. The highest BCUT2D eigenvalue weighted by atomic mass is 35.5. The number of amides is 2. The van der Waals surface area contributed by atoms with Crippen LogP contribution in [-0.4, -0.2) is 24.9 Å². The van der Waals surface area contributed by atoms with Crippen LogP contribution < -0.4 is 10.6 Å². The van der Waals surface area contributed by atoms with Crippen LogP contribution >= 0.6 is 11.6 Å². The van der Waals surface area contributed by atoms with Gasteiger partial charge in [0.1, 0.15) is 0 Å². The Bertz CT molecular complexity index is 674. The predicted molar refractivity (Wildman–Crippen MR) is 95.9 cm³/mol. The van der Waals surface area contributed by atoms with E-state index in [1.807, 2.05) is 48.5 Å². The van der Waals surface area contributed by atoms with E-state index in [0.717, 1.165) is 18.4 Å². The molecule has 0 radical (unpaired) electrons. The summed E-state index contributed by atoms with van der Waals surface area (Å²) in [4.78, 5) is 23.4. The van der Waals surface area contributed by atoms with Crippen molar-refractivity contribution in [3.8, 4) is 0 Å². The lowest BCUT2D eigenvalue weighted by molar-refractivity contribution is -0.139. The van der Waals surface area contributed by atoms with Crippen LogP contribution in [0.15, 0.2) is 54.6 Å². The molecule has 0 spiro atoms. The van der Waals surface area contributed by atoms with Crippen LogP contribution in [0.2, 0.25) is 5.02 Å². The van der Waals surface area contributed by atoms with Crippen LogP contribution in [0.4, 0.5) is 0 Å². The number of aryl methyl sites for hydroxylation is 1. The standard InChI is InChI=1S/C19H21ClN2O2/c20-17-10-4-8-16(14-17)11-13-22-19(24)18(23)21-12-5-9-15-6-2-1-3-7-15/h1-4,6-8,10,14H,5,9,11-13H2,(H,21,23)(H,22,24). The van der Waals surface area contributed by atoms with E-state index in [4.69, 9.17) is 11.6 Å². The molecule has 5 heteroatoms. The maximum Gasteiger partial charge on any atom is 0.309 e. The molecule has 2 rings (SSSR count). The van der Waals surface area contributed by atoms with Gasteiger partial charge >= 0.3 is 11.8 Å². The molecule has 0 unspecified atom stereocenters. The predicted octanol–water partition coefficient (Wildman–Crippen LogP) is 2.75. The minimum absolute atomic E-state index is 0.399. The smallest absolute Gasteiger partial charge is 0.309 e. The number of halogens is 1. The van der Waals surface area contributed by atoms with Gasteiger partial charge in [-0.25, -0.2) is 0 Å². The maximum atomic E-state index is 11.7. The van der Waals surface area contributed by atoms with Crippen LogP contribution in [0.3, 0.4) is 0 Å². The van der Waals surface area contributed by atoms with Crippen molar-refractivity contribution in [3.05, 3.63) is 70.7 Å². The van der Waals surface area contributed by atoms with Crippen molar-refractivity contribution < 1.29 is 9.59 Å². The highest BCUT2D eigenvalue weighted by molar-refractivity contribution is 6.35. The molecular weight excluding hydrogens is 324 g/mol. The van der Waals surface area contributed by atoms with E-state index in [1.54, 1.807) is 6.07 Å². The molecule has 0 aliphatic heterocycles. The fraction of sp³-hybridized carbons (Fsp3) is 0.263. The molecule has 0 aliphatic carbocycles. The summed E-state index contributed by atoms with van der Waals surface area (Å²) in [6.07, 6.45) is 2.30. The first-order valence-corrected chi connectivity index (χ1v) is 8.37. The molecule has 0 bridgehead atoms. The minimum Gasteiger partial charge on any atom is -0.348 e. The minimum atomic E-state index is -0.600. The van der Waals surface area contributed by atoms with Crippen molar-refractivity contribution in [2.45, 2.75) is 19.3 Å². The molecule has 24 heavy (non-hydrogen) atoms. The number of carbonyl (C=O) groups excluding carboxylic acids is 2. The van der Waals surface area contributed by atoms with Crippen molar-refractivity contribution >= 4 is 23.4 Å². The van der Waals surface area contributed by atoms with E-state index in [0.29, 0.717) is 24.5 Å². The molecule has 0 saturated carbocycles. The van der Waals surface area contributed by atoms with Crippen molar-refractivity contribution in [2.75, 3.05) is 13.1 Å². The second kappa shape index (κ2) is 9.73. The van der Waals surface area contributed by atoms with Crippen molar-refractivity contribution in [1.82, 2.24) is 10.6 Å². The lowest BCUT2D eigenvalue weighted by Gasteiger charge is -2.07. The molecule has 0 heterocycles. The Labute approximate surface area is 147 Å². The van der Waals surface area contributed by atoms with E-state index in [9.17, 15) is 9.59 Å². The monoisotopic (exact) mass is 344 g/mol. The maximum absolute atomic E-state index is 11.7. The molecule has 2 aromatic rings. The topological polar surface area (TPSA) is 58.2 Å². The largest absolute Gasteiger partial charge is 0.348 e. The number of carbonyl (C=O) groups is 2. The van der Waals surface area contributed by atoms with Gasteiger partial charge in [-0.3, -0.25) is 9.59 Å². The first-order chi connectivity index (χ1) is 11.6. The molecule has 0 fully saturated rings. The van der Waals surface area contributed by atoms with E-state index in [1.165, 1.54) is 5.56 Å². The Kier molecular flexibility index (Phi) is 7.30. The van der Waals surface area contributed by atoms with Gasteiger partial charge in [-0.1, -0.05) is 54.1 Å². The average molecular weight is 345 g/mol. The summed E-state index contributed by atoms with van der Waals surface area (Å²) in [5.74, 6) is -1.19. The Morgan fingerprint density at radius 3 is 2.17 bits per heavy atom. The van der Waals surface area contributed by atoms with Gasteiger partial charge in [0, 0.05) is 18.1 Å². The Hall–Kier alpha value is -2.33. The quantitative estimate of drug-likeness (QED) is 0.599. The zero-order valence-corrected chi connectivity index (χ0v) is 14.2. The van der Waals surface area contributed by atoms with Crippen molar-refractivity contribution in [2.24, 2.45) is 0 Å². The van der Waals surface area contributed by atoms with Crippen molar-refractivity contribution in [3.63, 3.8) is 0 Å². The molecule has 2 amide bonds. The van der Waals surface area contributed by atoms with Crippen LogP contribution in [0.5, 0.6) is 0 Å². The van der Waals surface area contributed by atoms with Gasteiger partial charge < -0.3 is 10.6 Å². The summed E-state index contributed by atoms with van der Waals surface area (Å²) >= 11 is 5.90. The highest BCUT2D eigenvalue weighted by Crippen LogP contribution is 2.10. The molecule has 0 aliphatic rings. The fourth-order valence-electron chi connectivity index (χ4n) is 2.31. The summed E-state index contributed by atoms with van der Waals surface area (Å²) < 4.78 is 0. The summed E-state index contributed by atoms with van der Waals surface area (Å²) in [6.45, 7) is 0.881. The van der Waals surface area contributed by atoms with Gasteiger partial charge in [0.25, 0.3) is 0 Å². The summed E-state index contributed by atoms with van der Waals surface area (Å²) in [7, 11) is 0. The second-order valence-electron chi connectivity index (χ2n) is 5.48. The van der Waals surface area contributed by atoms with Gasteiger partial charge in [-0.15, -0.1) is 0 Å². The molecule has 4 nitrogen and oxygen atoms in total. The van der Waals surface area contributed by atoms with E-state index >= 15 is 0 Å². The number of hydrogen-bond acceptors (Lipinski definition) is 2. The Morgan fingerprint density at radius 2 is 1.46 bits per heavy atom. The van der Waals surface area contributed by atoms with Crippen LogP contribution in [0.1, 0.15) is 17.5 Å². The number of hydrogen-bond donors (Lipinski definition) is 2. The van der Waals surface area contributed by atoms with Crippen LogP contribution in [0, 0.1) is 0 Å². The SMILES string of the molecule is O=C(NCCCc1ccccc1)C(=O)NCCc1cccc(Cl)c1. The van der Waals surface area contributed by atoms with E-state index in [-0.39, 0.29) is 0 Å². The molecule has 0 aromatic heterocycles. The zero-order chi connectivity index (χ0) is 17.2. The Morgan fingerprint density at radius 1 is 0.792 bits per heavy atom. The third-order valence-corrected chi connectivity index (χ3v) is 3.80. The molecule has 126 valence electrons. The van der Waals surface area contributed by atoms with Gasteiger partial charge in [0.15, 0.2) is 0 Å². The zero-order valence-electron chi connectivity index (χ0n) is 13.4. The van der Waals surface area contributed by atoms with E-state index in [2.05, 4.69) is 10.6 Å². The van der Waals surface area contributed by atoms with Crippen LogP contribution in [0.25, 0.3) is 0 Å². The lowest BCUT2D eigenvalue weighted by atomic mass is 10.1. The third-order valence-electron chi connectivity index (χ3n) is 3.57. The normalized spacial score (nSPS) is 10.2. The van der Waals surface area contributed by atoms with Crippen LogP contribution in [-0.2, 0) is 22.4 Å². The lowest BCUT2D eigenvalue weighted by Crippen LogP contribution is -2.41. The van der Waals surface area contributed by atoms with Gasteiger partial charge in [0.05, 0.1) is 0 Å². The first kappa shape index (κ1) is 18.0. The molecule has 2 aromatic carbocycles. The van der Waals surface area contributed by atoms with Crippen molar-refractivity contribution in [1.29, 1.82) is 0 Å². The molecule has 0 atom stereocenters. The fourth-order valence-corrected chi connectivity index (χ4v) is 2.53. The summed E-state index contributed by atoms with van der Waals surface area (Å²) in [5.41, 5.74) is 2.24. The number of nitrogens with one attached hydrogen (secondary N) is 2. The van der Waals surface area contributed by atoms with E-state index < -0.39 is 11.8 Å². The average Bonchev–Trinajstić information content (AvgIpc) is 2.59. The van der Waals surface area contributed by atoms with Gasteiger partial charge in [-0.2, -0.15) is 0 Å². The number of rotatable bonds is 7. The molecule has 0 saturated heterocycles. The number of benzene rings is 2. The summed E-state index contributed by atoms with van der Waals surface area (Å²) in [6, 6.07) is 17.5.